The fraction of sp³-hybridized carbons (Fsp3) is 0.368. The zero-order valence-corrected chi connectivity index (χ0v) is 15.9. The van der Waals surface area contributed by atoms with Crippen molar-refractivity contribution in [2.24, 2.45) is 5.10 Å². The van der Waals surface area contributed by atoms with Crippen molar-refractivity contribution in [1.82, 2.24) is 15.0 Å². The van der Waals surface area contributed by atoms with Crippen LogP contribution in [0.15, 0.2) is 39.0 Å². The molecular weight excluding hydrogens is 364 g/mol. The number of nitrogens with zero attached hydrogens (tertiary/aromatic N) is 2. The van der Waals surface area contributed by atoms with Crippen molar-refractivity contribution in [3.05, 3.63) is 50.7 Å². The van der Waals surface area contributed by atoms with Crippen LogP contribution in [0.2, 0.25) is 0 Å². The molecular formula is C19H24N4O5. The molecule has 9 heteroatoms. The Morgan fingerprint density at radius 2 is 1.96 bits per heavy atom. The van der Waals surface area contributed by atoms with Crippen molar-refractivity contribution >= 4 is 12.1 Å². The maximum absolute atomic E-state index is 12.1. The molecule has 2 aromatic rings. The van der Waals surface area contributed by atoms with E-state index in [0.717, 1.165) is 36.5 Å². The predicted octanol–water partition coefficient (Wildman–Crippen LogP) is 1.66. The molecule has 0 aliphatic heterocycles. The zero-order chi connectivity index (χ0) is 20.5. The smallest absolute Gasteiger partial charge is 0.335 e. The summed E-state index contributed by atoms with van der Waals surface area (Å²) in [6.45, 7) is 2.08. The highest BCUT2D eigenvalue weighted by Gasteiger charge is 2.14. The quantitative estimate of drug-likeness (QED) is 0.342. The highest BCUT2D eigenvalue weighted by atomic mass is 16.5. The maximum atomic E-state index is 12.1. The lowest BCUT2D eigenvalue weighted by Gasteiger charge is -2.10. The van der Waals surface area contributed by atoms with E-state index in [1.54, 1.807) is 24.3 Å². The number of amides is 1. The Labute approximate surface area is 161 Å². The van der Waals surface area contributed by atoms with E-state index in [0.29, 0.717) is 17.9 Å². The third kappa shape index (κ3) is 5.32. The summed E-state index contributed by atoms with van der Waals surface area (Å²) in [6, 6.07) is 6.33. The second kappa shape index (κ2) is 10.1. The first kappa shape index (κ1) is 20.9. The highest BCUT2D eigenvalue weighted by Crippen LogP contribution is 2.18. The lowest BCUT2D eigenvalue weighted by molar-refractivity contribution is -0.121. The van der Waals surface area contributed by atoms with Gasteiger partial charge in [-0.15, -0.1) is 0 Å². The third-order valence-corrected chi connectivity index (χ3v) is 4.09. The second-order valence-electron chi connectivity index (χ2n) is 6.13. The summed E-state index contributed by atoms with van der Waals surface area (Å²) in [6.07, 6.45) is 5.19. The number of hydrogen-bond acceptors (Lipinski definition) is 6. The summed E-state index contributed by atoms with van der Waals surface area (Å²) in [4.78, 5) is 38.0. The number of benzene rings is 1. The number of carbonyl (C=O) groups is 1. The fourth-order valence-corrected chi connectivity index (χ4v) is 2.56. The number of rotatable bonds is 9. The van der Waals surface area contributed by atoms with Crippen LogP contribution in [0, 0.1) is 0 Å². The molecule has 0 fully saturated rings. The average molecular weight is 388 g/mol. The van der Waals surface area contributed by atoms with Gasteiger partial charge in [-0.05, 0) is 30.7 Å². The van der Waals surface area contributed by atoms with Crippen LogP contribution in [0.4, 0.5) is 0 Å². The zero-order valence-electron chi connectivity index (χ0n) is 15.9. The van der Waals surface area contributed by atoms with Gasteiger partial charge in [-0.2, -0.15) is 5.10 Å². The number of hydrazone groups is 1. The van der Waals surface area contributed by atoms with Crippen molar-refractivity contribution in [1.29, 1.82) is 0 Å². The molecule has 1 heterocycles. The Bertz CT molecular complexity index is 944. The van der Waals surface area contributed by atoms with Crippen LogP contribution < -0.4 is 21.4 Å². The number of aromatic nitrogens is 2. The molecule has 0 bridgehead atoms. The lowest BCUT2D eigenvalue weighted by Crippen LogP contribution is -2.31. The Balaban J connectivity index is 2.20. The van der Waals surface area contributed by atoms with Gasteiger partial charge in [0.05, 0.1) is 19.0 Å². The summed E-state index contributed by atoms with van der Waals surface area (Å²) in [5.74, 6) is -0.296. The molecule has 0 atom stereocenters. The molecule has 3 N–H and O–H groups in total. The van der Waals surface area contributed by atoms with Gasteiger partial charge in [0.25, 0.3) is 5.56 Å². The number of aromatic hydroxyl groups is 1. The first-order valence-corrected chi connectivity index (χ1v) is 9.02. The van der Waals surface area contributed by atoms with Crippen molar-refractivity contribution in [2.75, 3.05) is 7.11 Å². The van der Waals surface area contributed by atoms with Gasteiger partial charge < -0.3 is 9.84 Å². The molecule has 28 heavy (non-hydrogen) atoms. The molecule has 2 rings (SSSR count). The lowest BCUT2D eigenvalue weighted by atomic mass is 10.1. The van der Waals surface area contributed by atoms with Crippen LogP contribution in [-0.2, 0) is 4.79 Å². The Hall–Kier alpha value is -3.36. The normalized spacial score (nSPS) is 10.9. The summed E-state index contributed by atoms with van der Waals surface area (Å²) in [5, 5.41) is 14.1. The van der Waals surface area contributed by atoms with E-state index < -0.39 is 17.1 Å². The number of hydrogen-bond donors (Lipinski definition) is 3. The Morgan fingerprint density at radius 1 is 1.25 bits per heavy atom. The van der Waals surface area contributed by atoms with Crippen LogP contribution in [0.3, 0.4) is 0 Å². The first-order chi connectivity index (χ1) is 13.5. The van der Waals surface area contributed by atoms with Gasteiger partial charge in [-0.25, -0.2) is 14.8 Å². The molecule has 1 aromatic carbocycles. The van der Waals surface area contributed by atoms with E-state index >= 15 is 0 Å². The number of ether oxygens (including phenoxy) is 1. The molecule has 0 saturated heterocycles. The molecule has 0 spiro atoms. The van der Waals surface area contributed by atoms with Gasteiger partial charge in [-0.1, -0.05) is 26.2 Å². The number of methoxy groups -OCH3 is 1. The minimum atomic E-state index is -0.812. The largest absolute Gasteiger partial charge is 0.497 e. The summed E-state index contributed by atoms with van der Waals surface area (Å²) >= 11 is 0. The van der Waals surface area contributed by atoms with E-state index in [-0.39, 0.29) is 11.5 Å². The summed E-state index contributed by atoms with van der Waals surface area (Å²) in [7, 11) is 1.51. The molecule has 0 unspecified atom stereocenters. The number of nitrogens with one attached hydrogen (secondary N) is 2. The topological polar surface area (TPSA) is 126 Å². The Morgan fingerprint density at radius 3 is 2.61 bits per heavy atom. The molecule has 1 aromatic heterocycles. The molecule has 9 nitrogen and oxygen atoms in total. The van der Waals surface area contributed by atoms with E-state index in [2.05, 4.69) is 22.4 Å². The number of carbonyl (C=O) groups excluding carboxylic acids is 1. The molecule has 0 saturated carbocycles. The second-order valence-corrected chi connectivity index (χ2v) is 6.13. The van der Waals surface area contributed by atoms with Crippen LogP contribution in [-0.4, -0.2) is 33.9 Å². The molecule has 0 radical (unpaired) electrons. The van der Waals surface area contributed by atoms with E-state index in [1.165, 1.54) is 7.11 Å². The van der Waals surface area contributed by atoms with Crippen LogP contribution in [0.1, 0.15) is 44.6 Å². The van der Waals surface area contributed by atoms with Gasteiger partial charge in [0, 0.05) is 6.42 Å². The average Bonchev–Trinajstić information content (AvgIpc) is 2.68. The monoisotopic (exact) mass is 388 g/mol. The molecule has 150 valence electrons. The maximum Gasteiger partial charge on any atom is 0.335 e. The van der Waals surface area contributed by atoms with Crippen molar-refractivity contribution in [3.63, 3.8) is 0 Å². The minimum absolute atomic E-state index is 0.248. The van der Waals surface area contributed by atoms with Gasteiger partial charge >= 0.3 is 5.69 Å². The van der Waals surface area contributed by atoms with E-state index in [4.69, 9.17) is 4.74 Å². The van der Waals surface area contributed by atoms with Crippen LogP contribution >= 0.6 is 0 Å². The number of unbranched alkanes of at least 4 members (excludes halogenated alkanes) is 3. The number of H-pyrrole nitrogens is 1. The van der Waals surface area contributed by atoms with Crippen LogP contribution in [0.25, 0.3) is 5.69 Å². The summed E-state index contributed by atoms with van der Waals surface area (Å²) in [5.41, 5.74) is 0.781. The number of aromatic amines is 1. The van der Waals surface area contributed by atoms with Gasteiger partial charge in [0.2, 0.25) is 11.8 Å². The first-order valence-electron chi connectivity index (χ1n) is 9.02. The van der Waals surface area contributed by atoms with Crippen LogP contribution in [0.5, 0.6) is 11.6 Å². The van der Waals surface area contributed by atoms with E-state index in [1.807, 2.05) is 0 Å². The minimum Gasteiger partial charge on any atom is -0.497 e. The van der Waals surface area contributed by atoms with Gasteiger partial charge in [0.1, 0.15) is 11.3 Å². The highest BCUT2D eigenvalue weighted by molar-refractivity contribution is 5.84. The molecule has 0 aliphatic rings. The third-order valence-electron chi connectivity index (χ3n) is 4.09. The van der Waals surface area contributed by atoms with Crippen molar-refractivity contribution in [2.45, 2.75) is 39.0 Å². The molecule has 1 amide bonds. The van der Waals surface area contributed by atoms with Gasteiger partial charge in [0.15, 0.2) is 0 Å². The summed E-state index contributed by atoms with van der Waals surface area (Å²) < 4.78 is 5.98. The van der Waals surface area contributed by atoms with Crippen molar-refractivity contribution in [3.8, 4) is 17.3 Å². The van der Waals surface area contributed by atoms with E-state index in [9.17, 15) is 19.5 Å². The van der Waals surface area contributed by atoms with Gasteiger partial charge in [-0.3, -0.25) is 14.6 Å². The Kier molecular flexibility index (Phi) is 7.55. The standard InChI is InChI=1S/C19H24N4O5/c1-3-4-5-6-7-16(24)22-20-12-15-17(25)21-19(27)23(18(15)26)13-8-10-14(28-2)11-9-13/h8-12,26H,3-7H2,1-2H3,(H,22,24)(H,21,25,27). The van der Waals surface area contributed by atoms with Crippen molar-refractivity contribution < 1.29 is 14.6 Å². The fourth-order valence-electron chi connectivity index (χ4n) is 2.56. The predicted molar refractivity (Wildman–Crippen MR) is 105 cm³/mol. The molecule has 0 aliphatic carbocycles. The SMILES string of the molecule is CCCCCCC(=O)NN=Cc1c(O)n(-c2ccc(OC)cc2)c(=O)[nH]c1=O.